The smallest absolute Gasteiger partial charge is 0.261 e. The van der Waals surface area contributed by atoms with Gasteiger partial charge in [-0.25, -0.2) is 0 Å². The fourth-order valence-corrected chi connectivity index (χ4v) is 3.49. The van der Waals surface area contributed by atoms with Crippen LogP contribution in [-0.2, 0) is 16.0 Å². The summed E-state index contributed by atoms with van der Waals surface area (Å²) in [6, 6.07) is 15.5. The highest BCUT2D eigenvalue weighted by Gasteiger charge is 2.28. The van der Waals surface area contributed by atoms with Crippen molar-refractivity contribution in [2.24, 2.45) is 0 Å². The monoisotopic (exact) mass is 424 g/mol. The fourth-order valence-electron chi connectivity index (χ4n) is 3.49. The Balaban J connectivity index is 2.12. The van der Waals surface area contributed by atoms with E-state index in [4.69, 9.17) is 4.74 Å². The topological polar surface area (TPSA) is 58.6 Å². The molecule has 2 aromatic carbocycles. The van der Waals surface area contributed by atoms with E-state index in [1.165, 1.54) is 0 Å². The molecular formula is C26H36N2O3. The second kappa shape index (κ2) is 12.8. The van der Waals surface area contributed by atoms with Gasteiger partial charge in [-0.1, -0.05) is 62.7 Å². The quantitative estimate of drug-likeness (QED) is 0.512. The third-order valence-corrected chi connectivity index (χ3v) is 5.39. The van der Waals surface area contributed by atoms with E-state index in [-0.39, 0.29) is 18.4 Å². The third-order valence-electron chi connectivity index (χ3n) is 5.39. The second-order valence-corrected chi connectivity index (χ2v) is 7.95. The van der Waals surface area contributed by atoms with Crippen molar-refractivity contribution in [3.8, 4) is 5.75 Å². The Morgan fingerprint density at radius 1 is 1.06 bits per heavy atom. The maximum atomic E-state index is 13.2. The summed E-state index contributed by atoms with van der Waals surface area (Å²) in [5, 5.41) is 2.98. The first-order valence-electron chi connectivity index (χ1n) is 11.3. The normalized spacial score (nSPS) is 11.6. The number of carbonyl (C=O) groups is 2. The fraction of sp³-hybridized carbons (Fsp3) is 0.462. The van der Waals surface area contributed by atoms with Crippen LogP contribution in [0.15, 0.2) is 48.5 Å². The van der Waals surface area contributed by atoms with E-state index in [9.17, 15) is 9.59 Å². The maximum Gasteiger partial charge on any atom is 0.261 e. The minimum Gasteiger partial charge on any atom is -0.483 e. The molecule has 0 saturated carbocycles. The average molecular weight is 425 g/mol. The molecule has 2 rings (SSSR count). The highest BCUT2D eigenvalue weighted by Crippen LogP contribution is 2.19. The number of unbranched alkanes of at least 4 members (excludes halogenated alkanes) is 1. The molecule has 0 heterocycles. The van der Waals surface area contributed by atoms with Gasteiger partial charge in [-0.05, 0) is 55.9 Å². The van der Waals surface area contributed by atoms with Crippen molar-refractivity contribution in [1.82, 2.24) is 10.2 Å². The van der Waals surface area contributed by atoms with Crippen molar-refractivity contribution in [1.29, 1.82) is 0 Å². The van der Waals surface area contributed by atoms with Crippen LogP contribution in [0.2, 0.25) is 0 Å². The lowest BCUT2D eigenvalue weighted by molar-refractivity contribution is -0.142. The van der Waals surface area contributed by atoms with Gasteiger partial charge in [0.2, 0.25) is 5.91 Å². The molecule has 5 nitrogen and oxygen atoms in total. The number of nitrogens with one attached hydrogen (secondary N) is 1. The molecule has 0 aromatic heterocycles. The highest BCUT2D eigenvalue weighted by atomic mass is 16.5. The molecule has 1 N–H and O–H groups in total. The van der Waals surface area contributed by atoms with Crippen LogP contribution in [0.25, 0.3) is 0 Å². The van der Waals surface area contributed by atoms with Crippen LogP contribution >= 0.6 is 0 Å². The van der Waals surface area contributed by atoms with Gasteiger partial charge in [-0.2, -0.15) is 0 Å². The Kier molecular flexibility index (Phi) is 10.1. The van der Waals surface area contributed by atoms with Crippen molar-refractivity contribution in [3.05, 3.63) is 65.2 Å². The molecule has 0 radical (unpaired) electrons. The van der Waals surface area contributed by atoms with Crippen LogP contribution in [0.5, 0.6) is 5.75 Å². The summed E-state index contributed by atoms with van der Waals surface area (Å²) in [5.41, 5.74) is 3.20. The largest absolute Gasteiger partial charge is 0.483 e. The number of nitrogens with zero attached hydrogens (tertiary/aromatic N) is 1. The number of benzene rings is 2. The maximum absolute atomic E-state index is 13.2. The summed E-state index contributed by atoms with van der Waals surface area (Å²) in [6.07, 6.45) is 3.18. The Morgan fingerprint density at radius 3 is 2.48 bits per heavy atom. The van der Waals surface area contributed by atoms with Crippen molar-refractivity contribution in [2.75, 3.05) is 19.7 Å². The van der Waals surface area contributed by atoms with Gasteiger partial charge < -0.3 is 15.0 Å². The molecule has 0 bridgehead atoms. The van der Waals surface area contributed by atoms with E-state index in [1.54, 1.807) is 4.90 Å². The predicted molar refractivity (Wildman–Crippen MR) is 125 cm³/mol. The standard InChI is InChI=1S/C26H36N2O3/c1-5-7-16-27-26(30)23(6-2)28(17-15-22-11-9-8-10-12-22)25(29)19-31-24-18-20(3)13-14-21(24)4/h8-14,18,23H,5-7,15-17,19H2,1-4H3,(H,27,30). The summed E-state index contributed by atoms with van der Waals surface area (Å²) >= 11 is 0. The summed E-state index contributed by atoms with van der Waals surface area (Å²) < 4.78 is 5.86. The van der Waals surface area contributed by atoms with Gasteiger partial charge in [-0.3, -0.25) is 9.59 Å². The lowest BCUT2D eigenvalue weighted by Gasteiger charge is -2.30. The SMILES string of the molecule is CCCCNC(=O)C(CC)N(CCc1ccccc1)C(=O)COc1cc(C)ccc1C. The Hall–Kier alpha value is -2.82. The lowest BCUT2D eigenvalue weighted by atomic mass is 10.1. The second-order valence-electron chi connectivity index (χ2n) is 7.95. The van der Waals surface area contributed by atoms with Crippen LogP contribution in [0.1, 0.15) is 49.8 Å². The summed E-state index contributed by atoms with van der Waals surface area (Å²) in [5.74, 6) is 0.440. The number of hydrogen-bond acceptors (Lipinski definition) is 3. The van der Waals surface area contributed by atoms with E-state index in [1.807, 2.05) is 69.3 Å². The molecule has 2 aromatic rings. The van der Waals surface area contributed by atoms with Crippen LogP contribution < -0.4 is 10.1 Å². The van der Waals surface area contributed by atoms with Crippen LogP contribution in [0.3, 0.4) is 0 Å². The Morgan fingerprint density at radius 2 is 1.81 bits per heavy atom. The van der Waals surface area contributed by atoms with Gasteiger partial charge in [-0.15, -0.1) is 0 Å². The first-order valence-corrected chi connectivity index (χ1v) is 11.3. The first kappa shape index (κ1) is 24.4. The number of ether oxygens (including phenoxy) is 1. The van der Waals surface area contributed by atoms with Crippen LogP contribution in [-0.4, -0.2) is 42.5 Å². The summed E-state index contributed by atoms with van der Waals surface area (Å²) in [7, 11) is 0. The molecular weight excluding hydrogens is 388 g/mol. The van der Waals surface area contributed by atoms with E-state index >= 15 is 0 Å². The molecule has 0 aliphatic carbocycles. The molecule has 2 amide bonds. The number of hydrogen-bond donors (Lipinski definition) is 1. The lowest BCUT2D eigenvalue weighted by Crippen LogP contribution is -2.51. The number of rotatable bonds is 12. The van der Waals surface area contributed by atoms with E-state index in [0.717, 1.165) is 29.5 Å². The zero-order valence-corrected chi connectivity index (χ0v) is 19.3. The predicted octanol–water partition coefficient (Wildman–Crippen LogP) is 4.45. The molecule has 0 fully saturated rings. The van der Waals surface area contributed by atoms with Crippen LogP contribution in [0.4, 0.5) is 0 Å². The Bertz CT molecular complexity index is 836. The molecule has 31 heavy (non-hydrogen) atoms. The van der Waals surface area contributed by atoms with Gasteiger partial charge in [0.1, 0.15) is 11.8 Å². The molecule has 1 unspecified atom stereocenters. The molecule has 1 atom stereocenters. The molecule has 168 valence electrons. The zero-order valence-electron chi connectivity index (χ0n) is 19.3. The molecule has 0 aliphatic rings. The van der Waals surface area contributed by atoms with Gasteiger partial charge in [0.05, 0.1) is 0 Å². The van der Waals surface area contributed by atoms with E-state index < -0.39 is 6.04 Å². The minimum absolute atomic E-state index is 0.0855. The van der Waals surface area contributed by atoms with Gasteiger partial charge >= 0.3 is 0 Å². The van der Waals surface area contributed by atoms with Gasteiger partial charge in [0.25, 0.3) is 5.91 Å². The van der Waals surface area contributed by atoms with Crippen LogP contribution in [0, 0.1) is 13.8 Å². The van der Waals surface area contributed by atoms with Crippen molar-refractivity contribution < 1.29 is 14.3 Å². The molecule has 0 aliphatic heterocycles. The third kappa shape index (κ3) is 7.74. The number of carbonyl (C=O) groups excluding carboxylic acids is 2. The summed E-state index contributed by atoms with van der Waals surface area (Å²) in [6.45, 7) is 9.00. The van der Waals surface area contributed by atoms with E-state index in [2.05, 4.69) is 12.2 Å². The van der Waals surface area contributed by atoms with E-state index in [0.29, 0.717) is 31.7 Å². The van der Waals surface area contributed by atoms with Gasteiger partial charge in [0, 0.05) is 13.1 Å². The Labute approximate surface area is 186 Å². The van der Waals surface area contributed by atoms with Crippen molar-refractivity contribution >= 4 is 11.8 Å². The minimum atomic E-state index is -0.504. The summed E-state index contributed by atoms with van der Waals surface area (Å²) in [4.78, 5) is 27.7. The molecule has 0 spiro atoms. The van der Waals surface area contributed by atoms with Crippen molar-refractivity contribution in [3.63, 3.8) is 0 Å². The van der Waals surface area contributed by atoms with Crippen molar-refractivity contribution in [2.45, 2.75) is 59.4 Å². The first-order chi connectivity index (χ1) is 15.0. The molecule has 0 saturated heterocycles. The zero-order chi connectivity index (χ0) is 22.6. The highest BCUT2D eigenvalue weighted by molar-refractivity contribution is 5.88. The number of aryl methyl sites for hydroxylation is 2. The van der Waals surface area contributed by atoms with Gasteiger partial charge in [0.15, 0.2) is 6.61 Å². The average Bonchev–Trinajstić information content (AvgIpc) is 2.77. The molecule has 5 heteroatoms. The number of amides is 2.